The highest BCUT2D eigenvalue weighted by molar-refractivity contribution is 5.51. The Kier molecular flexibility index (Phi) is 9.04. The Hall–Kier alpha value is -2.54. The molecule has 2 atom stereocenters. The van der Waals surface area contributed by atoms with Crippen LogP contribution in [0.25, 0.3) is 0 Å². The first-order chi connectivity index (χ1) is 16.2. The van der Waals surface area contributed by atoms with E-state index >= 15 is 0 Å². The quantitative estimate of drug-likeness (QED) is 0.365. The van der Waals surface area contributed by atoms with Crippen LogP contribution in [-0.4, -0.2) is 71.4 Å². The highest BCUT2D eigenvalue weighted by Gasteiger charge is 2.72. The first-order valence-electron chi connectivity index (χ1n) is 10.4. The summed E-state index contributed by atoms with van der Waals surface area (Å²) in [6, 6.07) is 4.65. The van der Waals surface area contributed by atoms with E-state index in [9.17, 15) is 36.6 Å². The van der Waals surface area contributed by atoms with E-state index in [2.05, 4.69) is 0 Å². The van der Waals surface area contributed by atoms with E-state index in [1.54, 1.807) is 0 Å². The number of halogens is 6. The van der Waals surface area contributed by atoms with Crippen LogP contribution in [0.3, 0.4) is 0 Å². The lowest BCUT2D eigenvalue weighted by Crippen LogP contribution is -2.54. The van der Waals surface area contributed by atoms with E-state index < -0.39 is 67.5 Å². The zero-order valence-corrected chi connectivity index (χ0v) is 18.8. The zero-order chi connectivity index (χ0) is 26.6. The van der Waals surface area contributed by atoms with E-state index in [-0.39, 0.29) is 22.6 Å². The summed E-state index contributed by atoms with van der Waals surface area (Å²) in [5.74, 6) is -0.108. The molecule has 12 heteroatoms. The molecule has 0 aliphatic rings. The van der Waals surface area contributed by atoms with Crippen LogP contribution in [0.5, 0.6) is 11.5 Å². The summed E-state index contributed by atoms with van der Waals surface area (Å²) in [5.41, 5.74) is -6.65. The zero-order valence-electron chi connectivity index (χ0n) is 18.8. The first kappa shape index (κ1) is 28.7. The van der Waals surface area contributed by atoms with Crippen molar-refractivity contribution in [2.45, 2.75) is 43.8 Å². The Labute approximate surface area is 197 Å². The number of benzene rings is 2. The van der Waals surface area contributed by atoms with Gasteiger partial charge in [-0.1, -0.05) is 24.3 Å². The molecular weight excluding hydrogens is 486 g/mol. The van der Waals surface area contributed by atoms with Gasteiger partial charge in [-0.3, -0.25) is 0 Å². The van der Waals surface area contributed by atoms with Crippen molar-refractivity contribution in [3.63, 3.8) is 0 Å². The lowest BCUT2D eigenvalue weighted by Gasteiger charge is -2.38. The van der Waals surface area contributed by atoms with E-state index in [1.807, 2.05) is 0 Å². The minimum atomic E-state index is -5.80. The molecule has 0 heterocycles. The molecule has 2 aromatic carbocycles. The molecule has 35 heavy (non-hydrogen) atoms. The molecule has 0 saturated carbocycles. The predicted molar refractivity (Wildman–Crippen MR) is 112 cm³/mol. The van der Waals surface area contributed by atoms with Crippen molar-refractivity contribution in [3.8, 4) is 11.5 Å². The molecule has 0 spiro atoms. The SMILES string of the molecule is Cc1cc(C(c2ccc(OCC(O)CO)c(C)c2)(C(F)(F)F)C(F)(F)F)ccc1OCC(O)CO. The first-order valence-corrected chi connectivity index (χ1v) is 10.4. The third-order valence-electron chi connectivity index (χ3n) is 5.35. The molecule has 2 unspecified atom stereocenters. The summed E-state index contributed by atoms with van der Waals surface area (Å²) in [4.78, 5) is 0. The number of ether oxygens (including phenoxy) is 2. The van der Waals surface area contributed by atoms with Gasteiger partial charge in [0.25, 0.3) is 0 Å². The van der Waals surface area contributed by atoms with Gasteiger partial charge in [-0.25, -0.2) is 0 Å². The Bertz CT molecular complexity index is 912. The van der Waals surface area contributed by atoms with Gasteiger partial charge < -0.3 is 29.9 Å². The van der Waals surface area contributed by atoms with E-state index in [4.69, 9.17) is 19.7 Å². The van der Waals surface area contributed by atoms with Crippen molar-refractivity contribution in [1.29, 1.82) is 0 Å². The Morgan fingerprint density at radius 3 is 1.29 bits per heavy atom. The fourth-order valence-electron chi connectivity index (χ4n) is 3.55. The Morgan fingerprint density at radius 2 is 1.03 bits per heavy atom. The molecule has 0 aliphatic carbocycles. The van der Waals surface area contributed by atoms with E-state index in [0.29, 0.717) is 12.1 Å². The lowest BCUT2D eigenvalue weighted by molar-refractivity contribution is -0.288. The predicted octanol–water partition coefficient (Wildman–Crippen LogP) is 3.18. The Morgan fingerprint density at radius 1 is 0.686 bits per heavy atom. The topological polar surface area (TPSA) is 99.4 Å². The van der Waals surface area contributed by atoms with Gasteiger partial charge in [0.05, 0.1) is 13.2 Å². The molecule has 6 nitrogen and oxygen atoms in total. The number of hydrogen-bond acceptors (Lipinski definition) is 6. The van der Waals surface area contributed by atoms with Crippen molar-refractivity contribution in [2.24, 2.45) is 0 Å². The smallest absolute Gasteiger partial charge is 0.411 e. The third-order valence-corrected chi connectivity index (χ3v) is 5.35. The number of aryl methyl sites for hydroxylation is 2. The standard InChI is InChI=1S/C23H26F6O6/c1-13-7-15(3-5-19(13)34-11-17(32)9-30)21(22(24,25)26,23(27,28)29)16-4-6-20(14(2)8-16)35-12-18(33)10-31/h3-8,17-18,30-33H,9-12H2,1-2H3. The fourth-order valence-corrected chi connectivity index (χ4v) is 3.55. The van der Waals surface area contributed by atoms with Crippen molar-refractivity contribution in [2.75, 3.05) is 26.4 Å². The molecular formula is C23H26F6O6. The molecule has 0 aliphatic heterocycles. The molecule has 2 aromatic rings. The maximum absolute atomic E-state index is 14.4. The summed E-state index contributed by atoms with van der Waals surface area (Å²) < 4.78 is 96.8. The number of rotatable bonds is 10. The van der Waals surface area contributed by atoms with Crippen LogP contribution >= 0.6 is 0 Å². The summed E-state index contributed by atoms with van der Waals surface area (Å²) in [7, 11) is 0. The average Bonchev–Trinajstić information content (AvgIpc) is 2.75. The molecule has 0 amide bonds. The van der Waals surface area contributed by atoms with Crippen LogP contribution in [0.15, 0.2) is 36.4 Å². The van der Waals surface area contributed by atoms with Crippen LogP contribution in [0.2, 0.25) is 0 Å². The van der Waals surface area contributed by atoms with Crippen LogP contribution < -0.4 is 9.47 Å². The molecule has 0 saturated heterocycles. The second-order valence-corrected chi connectivity index (χ2v) is 8.00. The Balaban J connectivity index is 2.63. The van der Waals surface area contributed by atoms with Gasteiger partial charge in [-0.2, -0.15) is 26.3 Å². The van der Waals surface area contributed by atoms with Gasteiger partial charge in [0, 0.05) is 0 Å². The molecule has 0 fully saturated rings. The van der Waals surface area contributed by atoms with Gasteiger partial charge in [0.2, 0.25) is 5.41 Å². The van der Waals surface area contributed by atoms with Gasteiger partial charge in [-0.05, 0) is 48.2 Å². The van der Waals surface area contributed by atoms with Gasteiger partial charge in [0.1, 0.15) is 36.9 Å². The van der Waals surface area contributed by atoms with Crippen LogP contribution in [-0.2, 0) is 5.41 Å². The molecule has 0 radical (unpaired) electrons. The fraction of sp³-hybridized carbons (Fsp3) is 0.478. The number of aliphatic hydroxyl groups is 4. The van der Waals surface area contributed by atoms with E-state index in [1.165, 1.54) is 13.8 Å². The van der Waals surface area contributed by atoms with Crippen molar-refractivity contribution < 1.29 is 56.2 Å². The summed E-state index contributed by atoms with van der Waals surface area (Å²) in [6.45, 7) is 0.422. The van der Waals surface area contributed by atoms with E-state index in [0.717, 1.165) is 24.3 Å². The highest BCUT2D eigenvalue weighted by Crippen LogP contribution is 2.57. The largest absolute Gasteiger partial charge is 0.491 e. The maximum Gasteiger partial charge on any atom is 0.411 e. The second-order valence-electron chi connectivity index (χ2n) is 8.00. The van der Waals surface area contributed by atoms with Crippen molar-refractivity contribution in [1.82, 2.24) is 0 Å². The minimum absolute atomic E-state index is 0.0415. The molecule has 196 valence electrons. The van der Waals surface area contributed by atoms with Gasteiger partial charge in [-0.15, -0.1) is 0 Å². The van der Waals surface area contributed by atoms with Crippen LogP contribution in [0.1, 0.15) is 22.3 Å². The molecule has 2 rings (SSSR count). The van der Waals surface area contributed by atoms with Gasteiger partial charge >= 0.3 is 12.4 Å². The van der Waals surface area contributed by atoms with Gasteiger partial charge in [0.15, 0.2) is 0 Å². The summed E-state index contributed by atoms with van der Waals surface area (Å²) >= 11 is 0. The number of hydrogen-bond donors (Lipinski definition) is 4. The second kappa shape index (κ2) is 11.0. The highest BCUT2D eigenvalue weighted by atomic mass is 19.4. The number of aliphatic hydroxyl groups excluding tert-OH is 4. The summed E-state index contributed by atoms with van der Waals surface area (Å²) in [6.07, 6.45) is -14.1. The molecule has 0 bridgehead atoms. The summed E-state index contributed by atoms with van der Waals surface area (Å²) in [5, 5.41) is 36.4. The molecule has 4 N–H and O–H groups in total. The normalized spacial score (nSPS) is 14.5. The van der Waals surface area contributed by atoms with Crippen molar-refractivity contribution in [3.05, 3.63) is 58.7 Å². The average molecular weight is 512 g/mol. The minimum Gasteiger partial charge on any atom is -0.491 e. The maximum atomic E-state index is 14.4. The van der Waals surface area contributed by atoms with Crippen LogP contribution in [0.4, 0.5) is 26.3 Å². The molecule has 0 aromatic heterocycles. The monoisotopic (exact) mass is 512 g/mol. The third kappa shape index (κ3) is 6.00. The lowest BCUT2D eigenvalue weighted by atomic mass is 9.72. The number of alkyl halides is 6. The van der Waals surface area contributed by atoms with Crippen LogP contribution in [0, 0.1) is 13.8 Å². The van der Waals surface area contributed by atoms with Crippen molar-refractivity contribution >= 4 is 0 Å².